The van der Waals surface area contributed by atoms with Gasteiger partial charge < -0.3 is 5.11 Å². The van der Waals surface area contributed by atoms with E-state index < -0.39 is 15.7 Å². The number of rotatable bonds is 3. The molecule has 5 rings (SSSR count). The average Bonchev–Trinajstić information content (AvgIpc) is 3.08. The van der Waals surface area contributed by atoms with Gasteiger partial charge in [0.25, 0.3) is 10.0 Å². The molecule has 0 amide bonds. The molecule has 2 atom stereocenters. The van der Waals surface area contributed by atoms with Crippen molar-refractivity contribution in [1.29, 1.82) is 0 Å². The van der Waals surface area contributed by atoms with Crippen LogP contribution in [0.2, 0.25) is 0 Å². The highest BCUT2D eigenvalue weighted by Crippen LogP contribution is 2.41. The van der Waals surface area contributed by atoms with Crippen LogP contribution in [0.3, 0.4) is 0 Å². The van der Waals surface area contributed by atoms with Gasteiger partial charge in [0.05, 0.1) is 21.8 Å². The summed E-state index contributed by atoms with van der Waals surface area (Å²) in [6.07, 6.45) is 4.01. The summed E-state index contributed by atoms with van der Waals surface area (Å²) in [6.45, 7) is 1.93. The van der Waals surface area contributed by atoms with Crippen molar-refractivity contribution in [3.8, 4) is 0 Å². The Kier molecular flexibility index (Phi) is 4.19. The molecule has 0 radical (unpaired) electrons. The summed E-state index contributed by atoms with van der Waals surface area (Å²) in [6, 6.07) is 16.3. The second kappa shape index (κ2) is 6.54. The van der Waals surface area contributed by atoms with Crippen molar-refractivity contribution in [1.82, 2.24) is 3.97 Å². The van der Waals surface area contributed by atoms with Gasteiger partial charge in [0.15, 0.2) is 5.72 Å². The first-order chi connectivity index (χ1) is 13.9. The predicted octanol–water partition coefficient (Wildman–Crippen LogP) is 4.26. The fraction of sp³-hybridized carbons (Fsp3) is 0.348. The van der Waals surface area contributed by atoms with Crippen LogP contribution in [0, 0.1) is 12.8 Å². The third-order valence-corrected chi connectivity index (χ3v) is 7.89. The summed E-state index contributed by atoms with van der Waals surface area (Å²) < 4.78 is 28.7. The fourth-order valence-electron chi connectivity index (χ4n) is 4.75. The number of aliphatic hydroxyl groups is 1. The molecule has 6 heteroatoms. The topological polar surface area (TPSA) is 71.7 Å². The minimum Gasteiger partial charge on any atom is -0.369 e. The molecule has 3 aromatic rings. The molecule has 150 valence electrons. The number of hydrogen-bond donors (Lipinski definition) is 1. The lowest BCUT2D eigenvalue weighted by Gasteiger charge is -2.38. The second-order valence-corrected chi connectivity index (χ2v) is 10.2. The van der Waals surface area contributed by atoms with Gasteiger partial charge in [0.2, 0.25) is 0 Å². The normalized spacial score (nSPS) is 24.5. The number of benzene rings is 2. The van der Waals surface area contributed by atoms with Gasteiger partial charge in [-0.3, -0.25) is 4.99 Å². The third kappa shape index (κ3) is 3.11. The van der Waals surface area contributed by atoms with Crippen molar-refractivity contribution in [2.75, 3.05) is 0 Å². The van der Waals surface area contributed by atoms with E-state index in [-0.39, 0.29) is 4.90 Å². The Hall–Kier alpha value is -2.44. The van der Waals surface area contributed by atoms with E-state index in [2.05, 4.69) is 4.99 Å². The number of para-hydroxylation sites is 1. The molecule has 0 saturated heterocycles. The van der Waals surface area contributed by atoms with Crippen LogP contribution in [0.1, 0.15) is 43.4 Å². The average molecular weight is 409 g/mol. The molecule has 2 aliphatic rings. The van der Waals surface area contributed by atoms with Crippen LogP contribution in [0.5, 0.6) is 0 Å². The number of hydrogen-bond acceptors (Lipinski definition) is 4. The van der Waals surface area contributed by atoms with Gasteiger partial charge in [-0.2, -0.15) is 0 Å². The van der Waals surface area contributed by atoms with Gasteiger partial charge in [0, 0.05) is 5.39 Å². The molecular weight excluding hydrogens is 384 g/mol. The minimum absolute atomic E-state index is 0.251. The zero-order valence-electron chi connectivity index (χ0n) is 16.4. The highest BCUT2D eigenvalue weighted by Gasteiger charge is 2.40. The van der Waals surface area contributed by atoms with Crippen LogP contribution in [-0.4, -0.2) is 28.9 Å². The zero-order valence-corrected chi connectivity index (χ0v) is 17.2. The Morgan fingerprint density at radius 3 is 2.66 bits per heavy atom. The molecular formula is C23H24N2O3S. The van der Waals surface area contributed by atoms with E-state index in [0.717, 1.165) is 23.8 Å². The van der Waals surface area contributed by atoms with Crippen molar-refractivity contribution in [2.24, 2.45) is 10.9 Å². The van der Waals surface area contributed by atoms with Crippen molar-refractivity contribution < 1.29 is 13.5 Å². The highest BCUT2D eigenvalue weighted by molar-refractivity contribution is 7.90. The lowest BCUT2D eigenvalue weighted by molar-refractivity contribution is -0.0132. The summed E-state index contributed by atoms with van der Waals surface area (Å²) in [5.41, 5.74) is 1.83. The van der Waals surface area contributed by atoms with Crippen molar-refractivity contribution in [3.63, 3.8) is 0 Å². The minimum atomic E-state index is -3.81. The van der Waals surface area contributed by atoms with Crippen molar-refractivity contribution in [3.05, 3.63) is 65.9 Å². The first-order valence-electron chi connectivity index (χ1n) is 10.1. The molecule has 1 saturated carbocycles. The van der Waals surface area contributed by atoms with Gasteiger partial charge in [-0.1, -0.05) is 35.9 Å². The summed E-state index contributed by atoms with van der Waals surface area (Å²) in [4.78, 5) is 4.92. The second-order valence-electron chi connectivity index (χ2n) is 8.38. The van der Waals surface area contributed by atoms with E-state index >= 15 is 0 Å². The molecule has 2 heterocycles. The SMILES string of the molecule is Cc1ccc(S(=O)(=O)n2c(C3=NC4(O)CCCC(C3)C4)cc3ccccc32)cc1. The van der Waals surface area contributed by atoms with Gasteiger partial charge >= 0.3 is 0 Å². The summed E-state index contributed by atoms with van der Waals surface area (Å²) in [7, 11) is -3.81. The molecule has 1 N–H and O–H groups in total. The summed E-state index contributed by atoms with van der Waals surface area (Å²) in [5, 5.41) is 11.8. The fourth-order valence-corrected chi connectivity index (χ4v) is 6.29. The molecule has 29 heavy (non-hydrogen) atoms. The number of aromatic nitrogens is 1. The number of nitrogens with zero attached hydrogens (tertiary/aromatic N) is 2. The van der Waals surface area contributed by atoms with Gasteiger partial charge in [0.1, 0.15) is 0 Å². The number of aryl methyl sites for hydroxylation is 1. The maximum absolute atomic E-state index is 13.7. The molecule has 1 aromatic heterocycles. The molecule has 2 aromatic carbocycles. The summed E-state index contributed by atoms with van der Waals surface area (Å²) >= 11 is 0. The zero-order chi connectivity index (χ0) is 20.2. The number of fused-ring (bicyclic) bond motifs is 3. The molecule has 0 spiro atoms. The Morgan fingerprint density at radius 2 is 1.90 bits per heavy atom. The lowest BCUT2D eigenvalue weighted by Crippen LogP contribution is -2.40. The lowest BCUT2D eigenvalue weighted by atomic mass is 9.77. The molecule has 1 fully saturated rings. The third-order valence-electron chi connectivity index (χ3n) is 6.15. The van der Waals surface area contributed by atoms with Crippen LogP contribution in [-0.2, 0) is 10.0 Å². The molecule has 2 bridgehead atoms. The van der Waals surface area contributed by atoms with Crippen LogP contribution in [0.25, 0.3) is 10.9 Å². The Morgan fingerprint density at radius 1 is 1.14 bits per heavy atom. The molecule has 1 aliphatic heterocycles. The largest absolute Gasteiger partial charge is 0.369 e. The Bertz CT molecular complexity index is 1220. The van der Waals surface area contributed by atoms with Gasteiger partial charge in [-0.05, 0) is 69.2 Å². The van der Waals surface area contributed by atoms with E-state index in [1.807, 2.05) is 49.4 Å². The van der Waals surface area contributed by atoms with Crippen LogP contribution in [0.4, 0.5) is 0 Å². The molecule has 1 aliphatic carbocycles. The number of aliphatic imine (C=N–C) groups is 1. The monoisotopic (exact) mass is 408 g/mol. The van der Waals surface area contributed by atoms with E-state index in [9.17, 15) is 13.5 Å². The van der Waals surface area contributed by atoms with Crippen LogP contribution in [0.15, 0.2) is 64.5 Å². The van der Waals surface area contributed by atoms with Crippen LogP contribution >= 0.6 is 0 Å². The standard InChI is InChI=1S/C23H24N2O3S/c1-16-8-10-19(11-9-16)29(27,28)25-21-7-3-2-6-18(21)14-22(25)20-13-17-5-4-12-23(26,15-17)24-20/h2-3,6-11,14,17,26H,4-5,12-13,15H2,1H3. The molecule has 2 unspecified atom stereocenters. The van der Waals surface area contributed by atoms with Crippen LogP contribution < -0.4 is 0 Å². The first-order valence-corrected chi connectivity index (χ1v) is 11.5. The van der Waals surface area contributed by atoms with Crippen molar-refractivity contribution >= 4 is 26.6 Å². The van der Waals surface area contributed by atoms with E-state index in [1.165, 1.54) is 3.97 Å². The summed E-state index contributed by atoms with van der Waals surface area (Å²) in [5.74, 6) is 0.342. The highest BCUT2D eigenvalue weighted by atomic mass is 32.2. The quantitative estimate of drug-likeness (QED) is 0.704. The maximum atomic E-state index is 13.7. The van der Waals surface area contributed by atoms with Crippen molar-refractivity contribution in [2.45, 2.75) is 49.6 Å². The van der Waals surface area contributed by atoms with Gasteiger partial charge in [-0.15, -0.1) is 0 Å². The van der Waals surface area contributed by atoms with Gasteiger partial charge in [-0.25, -0.2) is 12.4 Å². The maximum Gasteiger partial charge on any atom is 0.268 e. The predicted molar refractivity (Wildman–Crippen MR) is 114 cm³/mol. The molecule has 5 nitrogen and oxygen atoms in total. The van der Waals surface area contributed by atoms with E-state index in [0.29, 0.717) is 42.1 Å². The van der Waals surface area contributed by atoms with E-state index in [4.69, 9.17) is 0 Å². The first kappa shape index (κ1) is 18.6. The van der Waals surface area contributed by atoms with E-state index in [1.54, 1.807) is 12.1 Å². The Balaban J connectivity index is 1.75. The smallest absolute Gasteiger partial charge is 0.268 e. The Labute approximate surface area is 170 Å².